The van der Waals surface area contributed by atoms with Crippen molar-refractivity contribution in [2.24, 2.45) is 11.3 Å². The van der Waals surface area contributed by atoms with E-state index in [9.17, 15) is 13.2 Å². The predicted octanol–water partition coefficient (Wildman–Crippen LogP) is 7.07. The largest absolute Gasteiger partial charge is 0.573 e. The first-order chi connectivity index (χ1) is 15.0. The zero-order valence-corrected chi connectivity index (χ0v) is 18.7. The molecule has 1 N–H and O–H groups in total. The second kappa shape index (κ2) is 8.22. The minimum absolute atomic E-state index is 0.200. The summed E-state index contributed by atoms with van der Waals surface area (Å²) in [5.74, 6) is 1.72. The number of halogens is 3. The molecule has 0 radical (unpaired) electrons. The van der Waals surface area contributed by atoms with E-state index in [4.69, 9.17) is 9.72 Å². The number of aromatic nitrogens is 2. The van der Waals surface area contributed by atoms with Crippen molar-refractivity contribution in [1.82, 2.24) is 9.55 Å². The Hall–Kier alpha value is -2.90. The molecule has 32 heavy (non-hydrogen) atoms. The van der Waals surface area contributed by atoms with Gasteiger partial charge in [0.25, 0.3) is 0 Å². The van der Waals surface area contributed by atoms with E-state index < -0.39 is 6.36 Å². The highest BCUT2D eigenvalue weighted by Crippen LogP contribution is 2.46. The molecule has 0 spiro atoms. The molecule has 0 saturated heterocycles. The topological polar surface area (TPSA) is 48.3 Å². The van der Waals surface area contributed by atoms with Crippen LogP contribution < -0.4 is 14.8 Å². The van der Waals surface area contributed by atoms with E-state index in [0.29, 0.717) is 17.6 Å². The maximum Gasteiger partial charge on any atom is 0.573 e. The van der Waals surface area contributed by atoms with Gasteiger partial charge in [-0.3, -0.25) is 0 Å². The first kappa shape index (κ1) is 22.3. The summed E-state index contributed by atoms with van der Waals surface area (Å²) in [5, 5.41) is 3.30. The second-order valence-electron chi connectivity index (χ2n) is 9.42. The van der Waals surface area contributed by atoms with Crippen LogP contribution >= 0.6 is 0 Å². The molecule has 2 atom stereocenters. The number of fused-ring (bicyclic) bond motifs is 1. The molecule has 4 rings (SSSR count). The third kappa shape index (κ3) is 4.95. The van der Waals surface area contributed by atoms with Gasteiger partial charge in [-0.2, -0.15) is 0 Å². The molecule has 1 aromatic heterocycles. The lowest BCUT2D eigenvalue weighted by atomic mass is 9.70. The minimum atomic E-state index is -4.72. The van der Waals surface area contributed by atoms with E-state index in [1.807, 2.05) is 18.2 Å². The van der Waals surface area contributed by atoms with Crippen LogP contribution in [-0.4, -0.2) is 23.0 Å². The van der Waals surface area contributed by atoms with Gasteiger partial charge >= 0.3 is 6.36 Å². The van der Waals surface area contributed by atoms with Crippen LogP contribution in [0.1, 0.15) is 46.1 Å². The maximum atomic E-state index is 12.5. The van der Waals surface area contributed by atoms with Gasteiger partial charge in [-0.1, -0.05) is 20.8 Å². The van der Waals surface area contributed by atoms with E-state index in [2.05, 4.69) is 35.4 Å². The number of rotatable bonds is 5. The molecule has 0 unspecified atom stereocenters. The monoisotopic (exact) mass is 447 g/mol. The first-order valence-corrected chi connectivity index (χ1v) is 10.7. The maximum absolute atomic E-state index is 12.5. The molecule has 1 fully saturated rings. The molecule has 2 aromatic carbocycles. The average Bonchev–Trinajstić information content (AvgIpc) is 3.03. The molecule has 3 aromatic rings. The second-order valence-corrected chi connectivity index (χ2v) is 9.42. The smallest absolute Gasteiger partial charge is 0.497 e. The van der Waals surface area contributed by atoms with Crippen molar-refractivity contribution < 1.29 is 22.6 Å². The lowest BCUT2D eigenvalue weighted by Gasteiger charge is -2.40. The Labute approximate surface area is 185 Å². The molecule has 172 valence electrons. The van der Waals surface area contributed by atoms with Crippen LogP contribution in [0.4, 0.5) is 24.8 Å². The minimum Gasteiger partial charge on any atom is -0.497 e. The first-order valence-electron chi connectivity index (χ1n) is 10.7. The molecule has 1 heterocycles. The van der Waals surface area contributed by atoms with Gasteiger partial charge in [0, 0.05) is 17.8 Å². The summed E-state index contributed by atoms with van der Waals surface area (Å²) in [5.41, 5.74) is 2.64. The molecule has 1 saturated carbocycles. The number of hydrogen-bond donors (Lipinski definition) is 1. The molecule has 1 aliphatic carbocycles. The number of ether oxygens (including phenoxy) is 2. The lowest BCUT2D eigenvalue weighted by molar-refractivity contribution is -0.274. The quantitative estimate of drug-likeness (QED) is 0.454. The van der Waals surface area contributed by atoms with Crippen molar-refractivity contribution in [1.29, 1.82) is 0 Å². The van der Waals surface area contributed by atoms with Crippen LogP contribution in [0, 0.1) is 11.3 Å². The Morgan fingerprint density at radius 2 is 1.75 bits per heavy atom. The van der Waals surface area contributed by atoms with Gasteiger partial charge in [0.2, 0.25) is 5.95 Å². The van der Waals surface area contributed by atoms with Crippen LogP contribution in [0.15, 0.2) is 42.5 Å². The molecule has 8 heteroatoms. The van der Waals surface area contributed by atoms with E-state index >= 15 is 0 Å². The normalized spacial score (nSPS) is 20.8. The standard InChI is InChI=1S/C24H28F3N3O2/c1-15-11-17(14-23(2,3)13-15)30-21-12-19(31-4)9-10-20(21)29-22(30)28-16-5-7-18(8-6-16)32-24(25,26)27/h5-10,12,15,17H,11,13-14H2,1-4H3,(H,28,29)/t15-,17+/m1/s1. The fraction of sp³-hybridized carbons (Fsp3) is 0.458. The Bertz CT molecular complexity index is 1090. The van der Waals surface area contributed by atoms with E-state index in [0.717, 1.165) is 29.6 Å². The van der Waals surface area contributed by atoms with Gasteiger partial charge in [0.05, 0.1) is 18.1 Å². The van der Waals surface area contributed by atoms with Crippen LogP contribution in [-0.2, 0) is 0 Å². The van der Waals surface area contributed by atoms with Crippen LogP contribution in [0.25, 0.3) is 11.0 Å². The van der Waals surface area contributed by atoms with Crippen LogP contribution in [0.2, 0.25) is 0 Å². The number of hydrogen-bond acceptors (Lipinski definition) is 4. The Morgan fingerprint density at radius 1 is 1.06 bits per heavy atom. The summed E-state index contributed by atoms with van der Waals surface area (Å²) in [7, 11) is 1.64. The number of benzene rings is 2. The molecule has 1 aliphatic rings. The number of alkyl halides is 3. The highest BCUT2D eigenvalue weighted by Gasteiger charge is 2.35. The van der Waals surface area contributed by atoms with Gasteiger partial charge in [-0.15, -0.1) is 13.2 Å². The Morgan fingerprint density at radius 3 is 2.38 bits per heavy atom. The molecule has 0 aliphatic heterocycles. The lowest BCUT2D eigenvalue weighted by Crippen LogP contribution is -2.29. The number of nitrogens with zero attached hydrogens (tertiary/aromatic N) is 2. The van der Waals surface area contributed by atoms with Gasteiger partial charge in [-0.25, -0.2) is 4.98 Å². The number of imidazole rings is 1. The van der Waals surface area contributed by atoms with Gasteiger partial charge in [-0.05, 0) is 67.0 Å². The van der Waals surface area contributed by atoms with Crippen molar-refractivity contribution in [3.63, 3.8) is 0 Å². The summed E-state index contributed by atoms with van der Waals surface area (Å²) >= 11 is 0. The molecule has 5 nitrogen and oxygen atoms in total. The van der Waals surface area contributed by atoms with Gasteiger partial charge in [0.15, 0.2) is 0 Å². The zero-order chi connectivity index (χ0) is 23.1. The average molecular weight is 448 g/mol. The third-order valence-corrected chi connectivity index (χ3v) is 5.97. The third-order valence-electron chi connectivity index (χ3n) is 5.97. The van der Waals surface area contributed by atoms with Crippen molar-refractivity contribution in [3.8, 4) is 11.5 Å². The van der Waals surface area contributed by atoms with Gasteiger partial charge in [0.1, 0.15) is 11.5 Å². The molecule has 0 bridgehead atoms. The molecular weight excluding hydrogens is 419 g/mol. The van der Waals surface area contributed by atoms with E-state index in [1.165, 1.54) is 18.6 Å². The number of nitrogens with one attached hydrogen (secondary N) is 1. The van der Waals surface area contributed by atoms with E-state index in [1.54, 1.807) is 19.2 Å². The predicted molar refractivity (Wildman–Crippen MR) is 119 cm³/mol. The van der Waals surface area contributed by atoms with Crippen molar-refractivity contribution in [2.45, 2.75) is 52.4 Å². The van der Waals surface area contributed by atoms with Gasteiger partial charge < -0.3 is 19.4 Å². The summed E-state index contributed by atoms with van der Waals surface area (Å²) < 4.78 is 49.0. The van der Waals surface area contributed by atoms with Crippen LogP contribution in [0.5, 0.6) is 11.5 Å². The summed E-state index contributed by atoms with van der Waals surface area (Å²) in [6, 6.07) is 11.7. The number of anilines is 2. The summed E-state index contributed by atoms with van der Waals surface area (Å²) in [6.07, 6.45) is -1.51. The van der Waals surface area contributed by atoms with Crippen molar-refractivity contribution in [2.75, 3.05) is 12.4 Å². The highest BCUT2D eigenvalue weighted by molar-refractivity contribution is 5.81. The fourth-order valence-corrected chi connectivity index (χ4v) is 5.02. The highest BCUT2D eigenvalue weighted by atomic mass is 19.4. The Balaban J connectivity index is 1.71. The zero-order valence-electron chi connectivity index (χ0n) is 18.7. The van der Waals surface area contributed by atoms with Crippen LogP contribution in [0.3, 0.4) is 0 Å². The summed E-state index contributed by atoms with van der Waals surface area (Å²) in [4.78, 5) is 4.80. The SMILES string of the molecule is COc1ccc2nc(Nc3ccc(OC(F)(F)F)cc3)n([C@H]3C[C@@H](C)CC(C)(C)C3)c2c1. The summed E-state index contributed by atoms with van der Waals surface area (Å²) in [6.45, 7) is 6.86. The fourth-order valence-electron chi connectivity index (χ4n) is 5.02. The number of methoxy groups -OCH3 is 1. The Kier molecular flexibility index (Phi) is 5.73. The van der Waals surface area contributed by atoms with E-state index in [-0.39, 0.29) is 17.2 Å². The molecular formula is C24H28F3N3O2. The molecule has 0 amide bonds. The van der Waals surface area contributed by atoms with Crippen molar-refractivity contribution in [3.05, 3.63) is 42.5 Å². The van der Waals surface area contributed by atoms with Crippen molar-refractivity contribution >= 4 is 22.7 Å².